The van der Waals surface area contributed by atoms with Crippen molar-refractivity contribution in [3.63, 3.8) is 0 Å². The van der Waals surface area contributed by atoms with Crippen LogP contribution in [0.15, 0.2) is 23.1 Å². The maximum absolute atomic E-state index is 11.5. The van der Waals surface area contributed by atoms with E-state index >= 15 is 0 Å². The molecule has 3 N–H and O–H groups in total. The second-order valence-corrected chi connectivity index (χ2v) is 5.93. The van der Waals surface area contributed by atoms with E-state index in [1.54, 1.807) is 11.8 Å². The van der Waals surface area contributed by atoms with E-state index in [1.807, 2.05) is 13.8 Å². The fourth-order valence-electron chi connectivity index (χ4n) is 1.48. The lowest BCUT2D eigenvalue weighted by molar-refractivity contribution is -0.128. The number of carbonyl (C=O) groups is 1. The number of nitrogens with two attached hydrogens (primary N) is 1. The predicted octanol–water partition coefficient (Wildman–Crippen LogP) is 2.41. The molecule has 3 nitrogen and oxygen atoms in total. The Labute approximate surface area is 107 Å². The summed E-state index contributed by atoms with van der Waals surface area (Å²) in [5.41, 5.74) is 4.26. The summed E-state index contributed by atoms with van der Waals surface area (Å²) >= 11 is 1.69. The summed E-state index contributed by atoms with van der Waals surface area (Å²) in [5.74, 6) is 5.75. The molecule has 94 valence electrons. The van der Waals surface area contributed by atoms with Crippen molar-refractivity contribution in [1.82, 2.24) is 5.43 Å². The molecule has 0 saturated heterocycles. The van der Waals surface area contributed by atoms with Crippen molar-refractivity contribution in [3.05, 3.63) is 29.3 Å². The normalized spacial score (nSPS) is 11.4. The second kappa shape index (κ2) is 5.56. The van der Waals surface area contributed by atoms with E-state index in [4.69, 9.17) is 5.84 Å². The van der Waals surface area contributed by atoms with Crippen LogP contribution in [-0.4, -0.2) is 11.7 Å². The first kappa shape index (κ1) is 14.1. The molecule has 1 aromatic carbocycles. The van der Waals surface area contributed by atoms with Gasteiger partial charge in [-0.05, 0) is 25.5 Å². The molecule has 0 aromatic heterocycles. The van der Waals surface area contributed by atoms with Gasteiger partial charge in [-0.15, -0.1) is 11.8 Å². The van der Waals surface area contributed by atoms with Crippen molar-refractivity contribution in [2.75, 3.05) is 5.75 Å². The molecule has 0 bridgehead atoms. The highest BCUT2D eigenvalue weighted by Gasteiger charge is 2.27. The van der Waals surface area contributed by atoms with Crippen LogP contribution in [0, 0.1) is 19.3 Å². The third kappa shape index (κ3) is 3.75. The second-order valence-electron chi connectivity index (χ2n) is 4.91. The van der Waals surface area contributed by atoms with Gasteiger partial charge in [0.1, 0.15) is 0 Å². The van der Waals surface area contributed by atoms with Gasteiger partial charge in [-0.2, -0.15) is 0 Å². The van der Waals surface area contributed by atoms with Crippen LogP contribution in [0.1, 0.15) is 25.0 Å². The Kier molecular flexibility index (Phi) is 4.60. The lowest BCUT2D eigenvalue weighted by atomic mass is 9.96. The molecular weight excluding hydrogens is 232 g/mol. The van der Waals surface area contributed by atoms with Gasteiger partial charge in [-0.1, -0.05) is 31.5 Å². The molecule has 0 unspecified atom stereocenters. The SMILES string of the molecule is Cc1ccc(SCC(C)(C)C(=O)NN)c(C)c1. The van der Waals surface area contributed by atoms with Crippen LogP contribution >= 0.6 is 11.8 Å². The van der Waals surface area contributed by atoms with Gasteiger partial charge < -0.3 is 0 Å². The predicted molar refractivity (Wildman–Crippen MR) is 72.8 cm³/mol. The van der Waals surface area contributed by atoms with Gasteiger partial charge in [0.15, 0.2) is 0 Å². The number of hydrazine groups is 1. The fraction of sp³-hybridized carbons (Fsp3) is 0.462. The van der Waals surface area contributed by atoms with Crippen LogP contribution in [0.25, 0.3) is 0 Å². The molecule has 0 fully saturated rings. The number of carbonyl (C=O) groups excluding carboxylic acids is 1. The minimum atomic E-state index is -0.462. The maximum atomic E-state index is 11.5. The molecule has 0 radical (unpaired) electrons. The van der Waals surface area contributed by atoms with Gasteiger partial charge in [0.25, 0.3) is 0 Å². The summed E-state index contributed by atoms with van der Waals surface area (Å²) in [4.78, 5) is 12.8. The third-order valence-electron chi connectivity index (χ3n) is 2.66. The van der Waals surface area contributed by atoms with Gasteiger partial charge >= 0.3 is 0 Å². The molecule has 1 aromatic rings. The van der Waals surface area contributed by atoms with Gasteiger partial charge in [-0.25, -0.2) is 5.84 Å². The van der Waals surface area contributed by atoms with E-state index in [0.717, 1.165) is 0 Å². The van der Waals surface area contributed by atoms with Crippen LogP contribution in [0.2, 0.25) is 0 Å². The number of benzene rings is 1. The Hall–Kier alpha value is -1.00. The summed E-state index contributed by atoms with van der Waals surface area (Å²) in [7, 11) is 0. The number of thioether (sulfide) groups is 1. The summed E-state index contributed by atoms with van der Waals surface area (Å²) in [5, 5.41) is 0. The standard InChI is InChI=1S/C13H20N2OS/c1-9-5-6-11(10(2)7-9)17-8-13(3,4)12(16)15-14/h5-7H,8,14H2,1-4H3,(H,15,16). The van der Waals surface area contributed by atoms with Crippen LogP contribution in [-0.2, 0) is 4.79 Å². The maximum Gasteiger partial charge on any atom is 0.240 e. The Morgan fingerprint density at radius 2 is 2.06 bits per heavy atom. The summed E-state index contributed by atoms with van der Waals surface area (Å²) in [6, 6.07) is 6.34. The molecule has 4 heteroatoms. The van der Waals surface area contributed by atoms with Crippen molar-refractivity contribution in [1.29, 1.82) is 0 Å². The summed E-state index contributed by atoms with van der Waals surface area (Å²) in [6.07, 6.45) is 0. The Morgan fingerprint density at radius 1 is 1.41 bits per heavy atom. The van der Waals surface area contributed by atoms with Crippen molar-refractivity contribution in [2.24, 2.45) is 11.3 Å². The number of nitrogens with one attached hydrogen (secondary N) is 1. The Bertz CT molecular complexity index is 416. The Balaban J connectivity index is 2.70. The number of hydrogen-bond donors (Lipinski definition) is 2. The first-order chi connectivity index (χ1) is 7.86. The highest BCUT2D eigenvalue weighted by Crippen LogP contribution is 2.30. The molecule has 0 heterocycles. The van der Waals surface area contributed by atoms with E-state index in [-0.39, 0.29) is 5.91 Å². The lowest BCUT2D eigenvalue weighted by Crippen LogP contribution is -2.42. The zero-order valence-corrected chi connectivity index (χ0v) is 11.6. The molecule has 0 aliphatic carbocycles. The summed E-state index contributed by atoms with van der Waals surface area (Å²) in [6.45, 7) is 7.95. The van der Waals surface area contributed by atoms with Crippen molar-refractivity contribution in [2.45, 2.75) is 32.6 Å². The van der Waals surface area contributed by atoms with Gasteiger partial charge in [0, 0.05) is 10.6 Å². The van der Waals surface area contributed by atoms with Crippen molar-refractivity contribution >= 4 is 17.7 Å². The summed E-state index contributed by atoms with van der Waals surface area (Å²) < 4.78 is 0. The minimum absolute atomic E-state index is 0.130. The molecule has 1 amide bonds. The van der Waals surface area contributed by atoms with E-state index in [1.165, 1.54) is 16.0 Å². The van der Waals surface area contributed by atoms with E-state index in [9.17, 15) is 4.79 Å². The molecule has 0 atom stereocenters. The molecule has 17 heavy (non-hydrogen) atoms. The molecule has 0 aliphatic heterocycles. The van der Waals surface area contributed by atoms with Gasteiger partial charge in [0.05, 0.1) is 5.41 Å². The van der Waals surface area contributed by atoms with Crippen LogP contribution in [0.4, 0.5) is 0 Å². The first-order valence-electron chi connectivity index (χ1n) is 5.58. The zero-order chi connectivity index (χ0) is 13.1. The zero-order valence-electron chi connectivity index (χ0n) is 10.8. The smallest absolute Gasteiger partial charge is 0.240 e. The minimum Gasteiger partial charge on any atom is -0.294 e. The third-order valence-corrected chi connectivity index (χ3v) is 4.30. The lowest BCUT2D eigenvalue weighted by Gasteiger charge is -2.22. The Morgan fingerprint density at radius 3 is 2.59 bits per heavy atom. The quantitative estimate of drug-likeness (QED) is 0.374. The highest BCUT2D eigenvalue weighted by atomic mass is 32.2. The number of aryl methyl sites for hydroxylation is 2. The molecular formula is C13H20N2OS. The van der Waals surface area contributed by atoms with E-state index in [2.05, 4.69) is 37.5 Å². The number of rotatable bonds is 4. The van der Waals surface area contributed by atoms with Crippen LogP contribution in [0.5, 0.6) is 0 Å². The van der Waals surface area contributed by atoms with Crippen molar-refractivity contribution < 1.29 is 4.79 Å². The number of hydrogen-bond acceptors (Lipinski definition) is 3. The van der Waals surface area contributed by atoms with E-state index < -0.39 is 5.41 Å². The molecule has 0 spiro atoms. The first-order valence-corrected chi connectivity index (χ1v) is 6.56. The fourth-order valence-corrected chi connectivity index (χ4v) is 2.58. The number of amides is 1. The largest absolute Gasteiger partial charge is 0.294 e. The highest BCUT2D eigenvalue weighted by molar-refractivity contribution is 7.99. The average Bonchev–Trinajstić information content (AvgIpc) is 2.26. The molecule has 0 aliphatic rings. The topological polar surface area (TPSA) is 55.1 Å². The monoisotopic (exact) mass is 252 g/mol. The van der Waals surface area contributed by atoms with Crippen LogP contribution in [0.3, 0.4) is 0 Å². The molecule has 1 rings (SSSR count). The molecule has 0 saturated carbocycles. The van der Waals surface area contributed by atoms with Crippen LogP contribution < -0.4 is 11.3 Å². The van der Waals surface area contributed by atoms with Gasteiger partial charge in [0.2, 0.25) is 5.91 Å². The van der Waals surface area contributed by atoms with Crippen molar-refractivity contribution in [3.8, 4) is 0 Å². The van der Waals surface area contributed by atoms with Gasteiger partial charge in [-0.3, -0.25) is 10.2 Å². The average molecular weight is 252 g/mol. The van der Waals surface area contributed by atoms with E-state index in [0.29, 0.717) is 5.75 Å².